The van der Waals surface area contributed by atoms with Crippen LogP contribution in [0, 0.1) is 0 Å². The highest BCUT2D eigenvalue weighted by Gasteiger charge is 2.22. The zero-order chi connectivity index (χ0) is 13.0. The summed E-state index contributed by atoms with van der Waals surface area (Å²) in [5.41, 5.74) is 1.95. The van der Waals surface area contributed by atoms with E-state index in [1.807, 2.05) is 31.2 Å². The predicted octanol–water partition coefficient (Wildman–Crippen LogP) is 3.65. The van der Waals surface area contributed by atoms with E-state index in [-0.39, 0.29) is 16.8 Å². The molecular weight excluding hydrogens is 294 g/mol. The number of halogens is 1. The number of para-hydroxylation sites is 1. The zero-order valence-corrected chi connectivity index (χ0v) is 12.1. The Morgan fingerprint density at radius 3 is 2.89 bits per heavy atom. The molecule has 18 heavy (non-hydrogen) atoms. The van der Waals surface area contributed by atoms with Gasteiger partial charge in [0.25, 0.3) is 5.91 Å². The van der Waals surface area contributed by atoms with E-state index in [0.717, 1.165) is 30.5 Å². The van der Waals surface area contributed by atoms with Gasteiger partial charge in [-0.1, -0.05) is 34.1 Å². The van der Waals surface area contributed by atoms with Crippen LogP contribution in [0.5, 0.6) is 0 Å². The average molecular weight is 312 g/mol. The Bertz CT molecular complexity index is 414. The first kappa shape index (κ1) is 13.6. The summed E-state index contributed by atoms with van der Waals surface area (Å²) in [6.07, 6.45) is 2.64. The highest BCUT2D eigenvalue weighted by Crippen LogP contribution is 2.29. The molecule has 0 spiro atoms. The van der Waals surface area contributed by atoms with Crippen molar-refractivity contribution in [3.8, 4) is 0 Å². The lowest BCUT2D eigenvalue weighted by atomic mass is 10.1. The second-order valence-corrected chi connectivity index (χ2v) is 5.92. The first-order chi connectivity index (χ1) is 8.68. The van der Waals surface area contributed by atoms with Crippen molar-refractivity contribution in [2.24, 2.45) is 0 Å². The quantitative estimate of drug-likeness (QED) is 0.865. The van der Waals surface area contributed by atoms with Gasteiger partial charge in [-0.15, -0.1) is 0 Å². The maximum atomic E-state index is 12.1. The van der Waals surface area contributed by atoms with Gasteiger partial charge in [0.15, 0.2) is 0 Å². The lowest BCUT2D eigenvalue weighted by Gasteiger charge is -2.22. The molecule has 1 saturated heterocycles. The number of nitrogens with one attached hydrogen (secondary N) is 1. The Morgan fingerprint density at radius 1 is 1.44 bits per heavy atom. The summed E-state index contributed by atoms with van der Waals surface area (Å²) in [6.45, 7) is 2.73. The van der Waals surface area contributed by atoms with Crippen LogP contribution in [-0.2, 0) is 9.53 Å². The van der Waals surface area contributed by atoms with Crippen LogP contribution in [-0.4, -0.2) is 18.6 Å². The summed E-state index contributed by atoms with van der Waals surface area (Å²) in [4.78, 5) is 12.3. The van der Waals surface area contributed by atoms with Crippen molar-refractivity contribution in [1.29, 1.82) is 0 Å². The van der Waals surface area contributed by atoms with E-state index >= 15 is 0 Å². The molecule has 98 valence electrons. The molecule has 3 nitrogen and oxygen atoms in total. The van der Waals surface area contributed by atoms with Crippen LogP contribution in [0.3, 0.4) is 0 Å². The molecule has 1 heterocycles. The van der Waals surface area contributed by atoms with Crippen molar-refractivity contribution in [2.45, 2.75) is 37.1 Å². The third-order valence-electron chi connectivity index (χ3n) is 3.12. The van der Waals surface area contributed by atoms with E-state index in [2.05, 4.69) is 21.2 Å². The minimum absolute atomic E-state index is 0.0321. The SMILES string of the molecule is CC(Br)c1ccccc1NC(=O)C1CCCCO1. The second-order valence-electron chi connectivity index (χ2n) is 4.55. The van der Waals surface area contributed by atoms with Crippen molar-refractivity contribution in [3.63, 3.8) is 0 Å². The topological polar surface area (TPSA) is 38.3 Å². The van der Waals surface area contributed by atoms with Crippen molar-refractivity contribution in [1.82, 2.24) is 0 Å². The summed E-state index contributed by atoms with van der Waals surface area (Å²) in [7, 11) is 0. The van der Waals surface area contributed by atoms with Crippen LogP contribution in [0.15, 0.2) is 24.3 Å². The van der Waals surface area contributed by atoms with Crippen LogP contribution < -0.4 is 5.32 Å². The molecule has 1 N–H and O–H groups in total. The Labute approximate surface area is 116 Å². The molecule has 2 rings (SSSR count). The van der Waals surface area contributed by atoms with Crippen LogP contribution in [0.2, 0.25) is 0 Å². The van der Waals surface area contributed by atoms with Crippen LogP contribution in [0.25, 0.3) is 0 Å². The first-order valence-corrected chi connectivity index (χ1v) is 7.25. The fourth-order valence-corrected chi connectivity index (χ4v) is 2.52. The summed E-state index contributed by atoms with van der Waals surface area (Å²) in [6, 6.07) is 7.83. The molecule has 1 aromatic carbocycles. The Morgan fingerprint density at radius 2 is 2.22 bits per heavy atom. The molecule has 0 radical (unpaired) electrons. The summed E-state index contributed by atoms with van der Waals surface area (Å²) < 4.78 is 5.49. The second kappa shape index (κ2) is 6.34. The molecule has 4 heteroatoms. The summed E-state index contributed by atoms with van der Waals surface area (Å²) in [5.74, 6) is -0.0321. The third kappa shape index (κ3) is 3.33. The number of carbonyl (C=O) groups excluding carboxylic acids is 1. The molecule has 2 unspecified atom stereocenters. The van der Waals surface area contributed by atoms with E-state index in [0.29, 0.717) is 6.61 Å². The van der Waals surface area contributed by atoms with Crippen LogP contribution in [0.4, 0.5) is 5.69 Å². The van der Waals surface area contributed by atoms with Gasteiger partial charge >= 0.3 is 0 Å². The third-order valence-corrected chi connectivity index (χ3v) is 3.61. The zero-order valence-electron chi connectivity index (χ0n) is 10.5. The molecular formula is C14H18BrNO2. The van der Waals surface area contributed by atoms with E-state index in [9.17, 15) is 4.79 Å². The number of anilines is 1. The lowest BCUT2D eigenvalue weighted by Crippen LogP contribution is -2.33. The molecule has 1 aliphatic rings. The largest absolute Gasteiger partial charge is 0.368 e. The molecule has 0 bridgehead atoms. The maximum Gasteiger partial charge on any atom is 0.253 e. The molecule has 1 aromatic rings. The van der Waals surface area contributed by atoms with Gasteiger partial charge in [0.2, 0.25) is 0 Å². The van der Waals surface area contributed by atoms with E-state index in [4.69, 9.17) is 4.74 Å². The van der Waals surface area contributed by atoms with E-state index in [1.165, 1.54) is 0 Å². The minimum atomic E-state index is -0.294. The fourth-order valence-electron chi connectivity index (χ4n) is 2.12. The number of rotatable bonds is 3. The highest BCUT2D eigenvalue weighted by molar-refractivity contribution is 9.09. The lowest BCUT2D eigenvalue weighted by molar-refractivity contribution is -0.129. The Kier molecular flexibility index (Phi) is 4.78. The van der Waals surface area contributed by atoms with Gasteiger partial charge in [-0.25, -0.2) is 0 Å². The Balaban J connectivity index is 2.06. The molecule has 2 atom stereocenters. The molecule has 0 aliphatic carbocycles. The number of hydrogen-bond acceptors (Lipinski definition) is 2. The summed E-state index contributed by atoms with van der Waals surface area (Å²) >= 11 is 3.54. The minimum Gasteiger partial charge on any atom is -0.368 e. The first-order valence-electron chi connectivity index (χ1n) is 6.34. The van der Waals surface area contributed by atoms with E-state index < -0.39 is 0 Å². The van der Waals surface area contributed by atoms with Gasteiger partial charge < -0.3 is 10.1 Å². The monoisotopic (exact) mass is 311 g/mol. The average Bonchev–Trinajstić information content (AvgIpc) is 2.40. The summed E-state index contributed by atoms with van der Waals surface area (Å²) in [5, 5.41) is 2.97. The van der Waals surface area contributed by atoms with E-state index in [1.54, 1.807) is 0 Å². The van der Waals surface area contributed by atoms with Crippen molar-refractivity contribution < 1.29 is 9.53 Å². The van der Waals surface area contributed by atoms with Crippen LogP contribution in [0.1, 0.15) is 36.6 Å². The number of alkyl halides is 1. The highest BCUT2D eigenvalue weighted by atomic mass is 79.9. The van der Waals surface area contributed by atoms with Crippen molar-refractivity contribution in [2.75, 3.05) is 11.9 Å². The van der Waals surface area contributed by atoms with Crippen molar-refractivity contribution >= 4 is 27.5 Å². The molecule has 1 fully saturated rings. The molecule has 1 amide bonds. The standard InChI is InChI=1S/C14H18BrNO2/c1-10(15)11-6-2-3-7-12(11)16-14(17)13-8-4-5-9-18-13/h2-3,6-7,10,13H,4-5,8-9H2,1H3,(H,16,17). The normalized spacial score (nSPS) is 21.3. The molecule has 0 saturated carbocycles. The van der Waals surface area contributed by atoms with Gasteiger partial charge in [-0.2, -0.15) is 0 Å². The number of ether oxygens (including phenoxy) is 1. The fraction of sp³-hybridized carbons (Fsp3) is 0.500. The predicted molar refractivity (Wildman–Crippen MR) is 76.0 cm³/mol. The van der Waals surface area contributed by atoms with Gasteiger partial charge in [0.05, 0.1) is 0 Å². The van der Waals surface area contributed by atoms with Gasteiger partial charge in [0, 0.05) is 17.1 Å². The molecule has 0 aromatic heterocycles. The Hall–Kier alpha value is -0.870. The number of hydrogen-bond donors (Lipinski definition) is 1. The number of amides is 1. The maximum absolute atomic E-state index is 12.1. The van der Waals surface area contributed by atoms with Crippen LogP contribution >= 0.6 is 15.9 Å². The van der Waals surface area contributed by atoms with Gasteiger partial charge in [-0.05, 0) is 37.8 Å². The smallest absolute Gasteiger partial charge is 0.253 e. The van der Waals surface area contributed by atoms with Crippen molar-refractivity contribution in [3.05, 3.63) is 29.8 Å². The molecule has 1 aliphatic heterocycles. The number of carbonyl (C=O) groups is 1. The number of benzene rings is 1. The van der Waals surface area contributed by atoms with Gasteiger partial charge in [0.1, 0.15) is 6.10 Å². The van der Waals surface area contributed by atoms with Gasteiger partial charge in [-0.3, -0.25) is 4.79 Å².